The molecule has 27 heavy (non-hydrogen) atoms. The number of carbonyl (C=O) groups is 1. The quantitative estimate of drug-likeness (QED) is 0.754. The highest BCUT2D eigenvalue weighted by Crippen LogP contribution is 2.22. The van der Waals surface area contributed by atoms with Gasteiger partial charge < -0.3 is 5.32 Å². The van der Waals surface area contributed by atoms with Gasteiger partial charge in [-0.15, -0.1) is 0 Å². The first-order valence-electron chi connectivity index (χ1n) is 8.39. The number of sulfonamides is 1. The van der Waals surface area contributed by atoms with Crippen molar-refractivity contribution in [1.29, 1.82) is 0 Å². The number of allylic oxidation sites excluding steroid dienone is 2. The van der Waals surface area contributed by atoms with Crippen LogP contribution in [0.4, 0.5) is 20.2 Å². The number of rotatable bonds is 5. The van der Waals surface area contributed by atoms with Gasteiger partial charge in [0, 0.05) is 17.3 Å². The second-order valence-electron chi connectivity index (χ2n) is 6.23. The van der Waals surface area contributed by atoms with Crippen LogP contribution in [0.1, 0.15) is 19.3 Å². The summed E-state index contributed by atoms with van der Waals surface area (Å²) in [7, 11) is -4.06. The van der Waals surface area contributed by atoms with E-state index >= 15 is 0 Å². The molecule has 0 radical (unpaired) electrons. The molecule has 1 amide bonds. The number of carbonyl (C=O) groups excluding carboxylic acids is 1. The van der Waals surface area contributed by atoms with Crippen LogP contribution in [0.5, 0.6) is 0 Å². The number of hydrogen-bond donors (Lipinski definition) is 2. The molecule has 0 saturated carbocycles. The van der Waals surface area contributed by atoms with Crippen LogP contribution in [0.25, 0.3) is 0 Å². The second kappa shape index (κ2) is 7.87. The molecule has 1 aliphatic carbocycles. The minimum absolute atomic E-state index is 0.0680. The van der Waals surface area contributed by atoms with Crippen molar-refractivity contribution in [1.82, 2.24) is 0 Å². The number of hydrogen-bond acceptors (Lipinski definition) is 3. The maximum absolute atomic E-state index is 13.3. The Hall–Kier alpha value is -2.74. The van der Waals surface area contributed by atoms with Crippen molar-refractivity contribution in [3.63, 3.8) is 0 Å². The summed E-state index contributed by atoms with van der Waals surface area (Å²) in [6, 6.07) is 8.45. The zero-order valence-electron chi connectivity index (χ0n) is 14.3. The summed E-state index contributed by atoms with van der Waals surface area (Å²) in [6.07, 6.45) is 6.43. The van der Waals surface area contributed by atoms with Gasteiger partial charge in [-0.1, -0.05) is 12.2 Å². The van der Waals surface area contributed by atoms with Crippen LogP contribution in [-0.2, 0) is 14.8 Å². The van der Waals surface area contributed by atoms with E-state index in [0.29, 0.717) is 18.2 Å². The lowest BCUT2D eigenvalue weighted by atomic mass is 9.93. The van der Waals surface area contributed by atoms with E-state index in [2.05, 4.69) is 16.1 Å². The summed E-state index contributed by atoms with van der Waals surface area (Å²) in [5, 5.41) is 2.81. The summed E-state index contributed by atoms with van der Waals surface area (Å²) in [6.45, 7) is 0. The zero-order chi connectivity index (χ0) is 19.4. The molecule has 5 nitrogen and oxygen atoms in total. The highest BCUT2D eigenvalue weighted by Gasteiger charge is 2.19. The lowest BCUT2D eigenvalue weighted by Gasteiger charge is -2.17. The van der Waals surface area contributed by atoms with Crippen molar-refractivity contribution in [3.8, 4) is 0 Å². The van der Waals surface area contributed by atoms with Gasteiger partial charge in [-0.25, -0.2) is 17.2 Å². The first-order chi connectivity index (χ1) is 12.8. The van der Waals surface area contributed by atoms with Crippen LogP contribution >= 0.6 is 0 Å². The van der Waals surface area contributed by atoms with Crippen LogP contribution in [0, 0.1) is 17.6 Å². The largest absolute Gasteiger partial charge is 0.326 e. The predicted molar refractivity (Wildman–Crippen MR) is 98.7 cm³/mol. The van der Waals surface area contributed by atoms with Gasteiger partial charge in [0.2, 0.25) is 5.91 Å². The lowest BCUT2D eigenvalue weighted by Crippen LogP contribution is -2.23. The first kappa shape index (κ1) is 19.0. The fourth-order valence-corrected chi connectivity index (χ4v) is 3.83. The Morgan fingerprint density at radius 1 is 0.963 bits per heavy atom. The molecular formula is C19H18F2N2O3S. The second-order valence-corrected chi connectivity index (χ2v) is 7.91. The highest BCUT2D eigenvalue weighted by atomic mass is 32.2. The van der Waals surface area contributed by atoms with Gasteiger partial charge >= 0.3 is 0 Å². The van der Waals surface area contributed by atoms with Crippen molar-refractivity contribution in [3.05, 3.63) is 66.3 Å². The van der Waals surface area contributed by atoms with Crippen molar-refractivity contribution < 1.29 is 22.0 Å². The van der Waals surface area contributed by atoms with Crippen LogP contribution in [0.15, 0.2) is 59.5 Å². The van der Waals surface area contributed by atoms with Crippen LogP contribution in [-0.4, -0.2) is 14.3 Å². The fraction of sp³-hybridized carbons (Fsp3) is 0.211. The molecule has 0 bridgehead atoms. The average Bonchev–Trinajstić information content (AvgIpc) is 2.66. The molecule has 0 saturated heterocycles. The summed E-state index contributed by atoms with van der Waals surface area (Å²) >= 11 is 0. The number of amides is 1. The average molecular weight is 392 g/mol. The van der Waals surface area contributed by atoms with E-state index in [-0.39, 0.29) is 22.4 Å². The summed E-state index contributed by atoms with van der Waals surface area (Å²) < 4.78 is 53.0. The maximum Gasteiger partial charge on any atom is 0.261 e. The third kappa shape index (κ3) is 4.71. The van der Waals surface area contributed by atoms with Crippen LogP contribution in [0.2, 0.25) is 0 Å². The summed E-state index contributed by atoms with van der Waals surface area (Å²) in [5.74, 6) is -2.51. The van der Waals surface area contributed by atoms with E-state index in [9.17, 15) is 22.0 Å². The van der Waals surface area contributed by atoms with E-state index in [1.165, 1.54) is 12.1 Å². The molecule has 3 rings (SSSR count). The smallest absolute Gasteiger partial charge is 0.261 e. The van der Waals surface area contributed by atoms with E-state index in [4.69, 9.17) is 0 Å². The Bertz CT molecular complexity index is 973. The van der Waals surface area contributed by atoms with E-state index in [0.717, 1.165) is 25.0 Å². The van der Waals surface area contributed by atoms with Crippen LogP contribution < -0.4 is 10.0 Å². The molecule has 0 fully saturated rings. The molecule has 2 N–H and O–H groups in total. The number of benzene rings is 2. The zero-order valence-corrected chi connectivity index (χ0v) is 15.1. The number of nitrogens with one attached hydrogen (secondary N) is 2. The Kier molecular flexibility index (Phi) is 5.55. The highest BCUT2D eigenvalue weighted by molar-refractivity contribution is 7.92. The third-order valence-corrected chi connectivity index (χ3v) is 5.62. The molecule has 0 spiro atoms. The molecule has 0 aliphatic heterocycles. The van der Waals surface area contributed by atoms with E-state index in [1.54, 1.807) is 12.1 Å². The molecule has 142 valence electrons. The van der Waals surface area contributed by atoms with Gasteiger partial charge in [0.15, 0.2) is 11.6 Å². The van der Waals surface area contributed by atoms with Crippen molar-refractivity contribution in [2.45, 2.75) is 24.2 Å². The maximum atomic E-state index is 13.3. The fourth-order valence-electron chi connectivity index (χ4n) is 2.76. The standard InChI is InChI=1S/C19H18F2N2O3S/c20-17-11-10-16(12-18(17)21)27(25,26)23-15-8-6-14(7-9-15)22-19(24)13-4-2-1-3-5-13/h1-2,6-13,23H,3-5H2,(H,22,24)/t13-/m0/s1. The molecule has 2 aromatic carbocycles. The molecule has 1 aliphatic rings. The monoisotopic (exact) mass is 392 g/mol. The Labute approximate surface area is 156 Å². The Balaban J connectivity index is 1.67. The molecule has 0 heterocycles. The molecule has 0 unspecified atom stereocenters. The van der Waals surface area contributed by atoms with Gasteiger partial charge in [-0.2, -0.15) is 0 Å². The summed E-state index contributed by atoms with van der Waals surface area (Å²) in [5.41, 5.74) is 0.781. The minimum Gasteiger partial charge on any atom is -0.326 e. The topological polar surface area (TPSA) is 75.3 Å². The van der Waals surface area contributed by atoms with Gasteiger partial charge in [0.05, 0.1) is 4.90 Å². The normalized spacial score (nSPS) is 16.7. The number of anilines is 2. The van der Waals surface area contributed by atoms with Gasteiger partial charge in [-0.3, -0.25) is 9.52 Å². The Morgan fingerprint density at radius 3 is 2.30 bits per heavy atom. The van der Waals surface area contributed by atoms with E-state index in [1.807, 2.05) is 6.08 Å². The predicted octanol–water partition coefficient (Wildman–Crippen LogP) is 4.06. The third-order valence-electron chi connectivity index (χ3n) is 4.25. The van der Waals surface area contributed by atoms with Crippen molar-refractivity contribution in [2.24, 2.45) is 5.92 Å². The SMILES string of the molecule is O=C(Nc1ccc(NS(=O)(=O)c2ccc(F)c(F)c2)cc1)[C@H]1CC=CCC1. The number of halogens is 2. The molecular weight excluding hydrogens is 374 g/mol. The molecule has 8 heteroatoms. The minimum atomic E-state index is -4.06. The lowest BCUT2D eigenvalue weighted by molar-refractivity contribution is -0.120. The molecule has 0 aromatic heterocycles. The first-order valence-corrected chi connectivity index (χ1v) is 9.87. The van der Waals surface area contributed by atoms with Gasteiger partial charge in [-0.05, 0) is 61.7 Å². The van der Waals surface area contributed by atoms with Gasteiger partial charge in [0.1, 0.15) is 0 Å². The molecule has 2 aromatic rings. The Morgan fingerprint density at radius 2 is 1.67 bits per heavy atom. The van der Waals surface area contributed by atoms with Crippen LogP contribution in [0.3, 0.4) is 0 Å². The van der Waals surface area contributed by atoms with Crippen molar-refractivity contribution in [2.75, 3.05) is 10.0 Å². The summed E-state index contributed by atoms with van der Waals surface area (Å²) in [4.78, 5) is 11.8. The van der Waals surface area contributed by atoms with Crippen molar-refractivity contribution >= 4 is 27.3 Å². The molecule has 1 atom stereocenters. The van der Waals surface area contributed by atoms with Gasteiger partial charge in [0.25, 0.3) is 10.0 Å². The van der Waals surface area contributed by atoms with E-state index < -0.39 is 21.7 Å².